The molecule has 13 heavy (non-hydrogen) atoms. The average molecular weight is 224 g/mol. The lowest BCUT2D eigenvalue weighted by Gasteiger charge is -2.18. The van der Waals surface area contributed by atoms with Crippen LogP contribution in [-0.4, -0.2) is 19.5 Å². The van der Waals surface area contributed by atoms with Crippen molar-refractivity contribution in [1.29, 1.82) is 0 Å². The summed E-state index contributed by atoms with van der Waals surface area (Å²) >= 11 is 6.01. The predicted octanol–water partition coefficient (Wildman–Crippen LogP) is 2.93. The van der Waals surface area contributed by atoms with E-state index in [-0.39, 0.29) is 4.75 Å². The molecule has 0 bridgehead atoms. The molecule has 4 heteroatoms. The standard InChI is InChI=1S/C9H18ClNOS/c1-7(9(5,6)10)11-13(12)8(2,3)4/h1-6H3/b11-7+. The van der Waals surface area contributed by atoms with Crippen LogP contribution in [0, 0.1) is 0 Å². The first-order valence-electron chi connectivity index (χ1n) is 4.22. The maximum absolute atomic E-state index is 11.6. The molecule has 0 saturated heterocycles. The van der Waals surface area contributed by atoms with E-state index >= 15 is 0 Å². The average Bonchev–Trinajstić information content (AvgIpc) is 1.82. The second-order valence-electron chi connectivity index (χ2n) is 4.51. The fourth-order valence-electron chi connectivity index (χ4n) is 0.370. The number of hydrogen-bond acceptors (Lipinski definition) is 1. The van der Waals surface area contributed by atoms with Crippen LogP contribution in [0.5, 0.6) is 0 Å². The minimum atomic E-state index is -1.21. The van der Waals surface area contributed by atoms with Crippen LogP contribution >= 0.6 is 11.6 Å². The molecule has 0 spiro atoms. The SMILES string of the molecule is C/C(=N\S(=O)C(C)(C)C)C(C)(C)Cl. The van der Waals surface area contributed by atoms with Crippen molar-refractivity contribution in [2.75, 3.05) is 0 Å². The topological polar surface area (TPSA) is 29.4 Å². The van der Waals surface area contributed by atoms with Gasteiger partial charge in [0.15, 0.2) is 0 Å². The molecule has 0 aliphatic carbocycles. The van der Waals surface area contributed by atoms with Gasteiger partial charge in [-0.2, -0.15) is 4.40 Å². The highest BCUT2D eigenvalue weighted by Crippen LogP contribution is 2.19. The summed E-state index contributed by atoms with van der Waals surface area (Å²) in [5.41, 5.74) is 0.711. The first-order valence-corrected chi connectivity index (χ1v) is 5.70. The van der Waals surface area contributed by atoms with Crippen LogP contribution in [0.1, 0.15) is 41.5 Å². The van der Waals surface area contributed by atoms with Crippen LogP contribution in [0.25, 0.3) is 0 Å². The van der Waals surface area contributed by atoms with Gasteiger partial charge in [-0.25, -0.2) is 4.21 Å². The van der Waals surface area contributed by atoms with Gasteiger partial charge in [0.2, 0.25) is 0 Å². The van der Waals surface area contributed by atoms with Gasteiger partial charge in [-0.1, -0.05) is 0 Å². The zero-order valence-electron chi connectivity index (χ0n) is 9.14. The first kappa shape index (κ1) is 13.1. The molecule has 0 aliphatic rings. The second kappa shape index (κ2) is 4.09. The van der Waals surface area contributed by atoms with Gasteiger partial charge >= 0.3 is 0 Å². The maximum Gasteiger partial charge on any atom is 0.144 e. The maximum atomic E-state index is 11.6. The molecule has 78 valence electrons. The Kier molecular flexibility index (Phi) is 4.13. The molecule has 1 unspecified atom stereocenters. The van der Waals surface area contributed by atoms with Gasteiger partial charge in [-0.05, 0) is 41.5 Å². The zero-order chi connectivity index (χ0) is 10.9. The number of alkyl halides is 1. The molecule has 0 aromatic heterocycles. The van der Waals surface area contributed by atoms with E-state index in [9.17, 15) is 4.21 Å². The number of hydrogen-bond donors (Lipinski definition) is 0. The zero-order valence-corrected chi connectivity index (χ0v) is 10.7. The third kappa shape index (κ3) is 4.77. The second-order valence-corrected chi connectivity index (χ2v) is 7.36. The van der Waals surface area contributed by atoms with Crippen LogP contribution in [0.4, 0.5) is 0 Å². The fraction of sp³-hybridized carbons (Fsp3) is 0.889. The molecule has 0 aromatic rings. The van der Waals surface area contributed by atoms with E-state index < -0.39 is 15.9 Å². The first-order chi connectivity index (χ1) is 5.55. The molecule has 0 aromatic carbocycles. The molecule has 0 aliphatic heterocycles. The van der Waals surface area contributed by atoms with Crippen molar-refractivity contribution in [2.45, 2.75) is 51.2 Å². The van der Waals surface area contributed by atoms with Crippen molar-refractivity contribution in [3.05, 3.63) is 0 Å². The molecule has 0 amide bonds. The van der Waals surface area contributed by atoms with Crippen molar-refractivity contribution < 1.29 is 4.21 Å². The monoisotopic (exact) mass is 223 g/mol. The largest absolute Gasteiger partial charge is 0.234 e. The van der Waals surface area contributed by atoms with E-state index in [1.165, 1.54) is 0 Å². The molecular formula is C9H18ClNOS. The van der Waals surface area contributed by atoms with Crippen LogP contribution in [0.15, 0.2) is 4.40 Å². The van der Waals surface area contributed by atoms with Crippen molar-refractivity contribution >= 4 is 28.3 Å². The number of rotatable bonds is 2. The van der Waals surface area contributed by atoms with E-state index in [2.05, 4.69) is 4.40 Å². The quantitative estimate of drug-likeness (QED) is 0.523. The Balaban J connectivity index is 4.70. The Morgan fingerprint density at radius 3 is 1.85 bits per heavy atom. The molecule has 0 fully saturated rings. The highest BCUT2D eigenvalue weighted by molar-refractivity contribution is 7.85. The molecule has 0 radical (unpaired) electrons. The smallest absolute Gasteiger partial charge is 0.144 e. The van der Waals surface area contributed by atoms with Gasteiger partial charge in [-0.15, -0.1) is 11.6 Å². The van der Waals surface area contributed by atoms with Crippen LogP contribution in [0.3, 0.4) is 0 Å². The van der Waals surface area contributed by atoms with Gasteiger partial charge in [0.1, 0.15) is 11.0 Å². The minimum absolute atomic E-state index is 0.316. The Bertz CT molecular complexity index is 235. The molecular weight excluding hydrogens is 206 g/mol. The van der Waals surface area contributed by atoms with E-state index in [4.69, 9.17) is 11.6 Å². The summed E-state index contributed by atoms with van der Waals surface area (Å²) in [6.45, 7) is 11.2. The van der Waals surface area contributed by atoms with Crippen molar-refractivity contribution in [2.24, 2.45) is 4.40 Å². The summed E-state index contributed by atoms with van der Waals surface area (Å²) in [6.07, 6.45) is 0. The van der Waals surface area contributed by atoms with Crippen LogP contribution in [-0.2, 0) is 11.0 Å². The third-order valence-electron chi connectivity index (χ3n) is 1.60. The molecule has 0 rings (SSSR count). The highest BCUT2D eigenvalue weighted by atomic mass is 35.5. The summed E-state index contributed by atoms with van der Waals surface area (Å²) in [5.74, 6) is 0. The summed E-state index contributed by atoms with van der Waals surface area (Å²) in [6, 6.07) is 0. The van der Waals surface area contributed by atoms with Crippen LogP contribution < -0.4 is 0 Å². The predicted molar refractivity (Wildman–Crippen MR) is 60.9 cm³/mol. The van der Waals surface area contributed by atoms with E-state index in [1.54, 1.807) is 6.92 Å². The Morgan fingerprint density at radius 2 is 1.62 bits per heavy atom. The van der Waals surface area contributed by atoms with Gasteiger partial charge in [0, 0.05) is 5.71 Å². The van der Waals surface area contributed by atoms with Gasteiger partial charge in [0.25, 0.3) is 0 Å². The normalized spacial score (nSPS) is 17.3. The van der Waals surface area contributed by atoms with Crippen LogP contribution in [0.2, 0.25) is 0 Å². The highest BCUT2D eigenvalue weighted by Gasteiger charge is 2.23. The molecule has 1 atom stereocenters. The van der Waals surface area contributed by atoms with Gasteiger partial charge in [0.05, 0.1) is 9.62 Å². The Labute approximate surface area is 88.4 Å². The van der Waals surface area contributed by atoms with Crippen molar-refractivity contribution in [1.82, 2.24) is 0 Å². The summed E-state index contributed by atoms with van der Waals surface area (Å²) in [5, 5.41) is 0. The summed E-state index contributed by atoms with van der Waals surface area (Å²) in [4.78, 5) is -0.513. The summed E-state index contributed by atoms with van der Waals surface area (Å²) in [7, 11) is -1.21. The van der Waals surface area contributed by atoms with E-state index in [1.807, 2.05) is 34.6 Å². The van der Waals surface area contributed by atoms with Gasteiger partial charge < -0.3 is 0 Å². The molecule has 0 saturated carbocycles. The molecule has 0 heterocycles. The summed E-state index contributed by atoms with van der Waals surface area (Å²) < 4.78 is 15.3. The third-order valence-corrected chi connectivity index (χ3v) is 3.36. The Hall–Kier alpha value is 0.110. The van der Waals surface area contributed by atoms with Crippen molar-refractivity contribution in [3.63, 3.8) is 0 Å². The van der Waals surface area contributed by atoms with E-state index in [0.29, 0.717) is 5.71 Å². The van der Waals surface area contributed by atoms with Gasteiger partial charge in [-0.3, -0.25) is 0 Å². The van der Waals surface area contributed by atoms with E-state index in [0.717, 1.165) is 0 Å². The lowest BCUT2D eigenvalue weighted by Crippen LogP contribution is -2.26. The molecule has 0 N–H and O–H groups in total. The lowest BCUT2D eigenvalue weighted by atomic mass is 10.1. The number of halogens is 1. The Morgan fingerprint density at radius 1 is 1.23 bits per heavy atom. The lowest BCUT2D eigenvalue weighted by molar-refractivity contribution is 0.650. The van der Waals surface area contributed by atoms with Crippen molar-refractivity contribution in [3.8, 4) is 0 Å². The number of nitrogens with zero attached hydrogens (tertiary/aromatic N) is 1. The molecule has 2 nitrogen and oxygen atoms in total. The fourth-order valence-corrected chi connectivity index (χ4v) is 1.21. The minimum Gasteiger partial charge on any atom is -0.234 e.